The van der Waals surface area contributed by atoms with Crippen molar-refractivity contribution in [2.24, 2.45) is 0 Å². The summed E-state index contributed by atoms with van der Waals surface area (Å²) in [6.07, 6.45) is 2.41. The molecule has 0 spiro atoms. The van der Waals surface area contributed by atoms with E-state index in [9.17, 15) is 8.42 Å². The number of rotatable bonds is 7. The highest BCUT2D eigenvalue weighted by atomic mass is 32.2. The van der Waals surface area contributed by atoms with Crippen LogP contribution in [0.3, 0.4) is 0 Å². The van der Waals surface area contributed by atoms with E-state index >= 15 is 0 Å². The monoisotopic (exact) mass is 353 g/mol. The lowest BCUT2D eigenvalue weighted by Crippen LogP contribution is -2.62. The minimum atomic E-state index is -3.39. The van der Waals surface area contributed by atoms with Crippen molar-refractivity contribution >= 4 is 10.0 Å². The Morgan fingerprint density at radius 2 is 1.88 bits per heavy atom. The van der Waals surface area contributed by atoms with Gasteiger partial charge < -0.3 is 9.47 Å². The van der Waals surface area contributed by atoms with Crippen LogP contribution in [-0.2, 0) is 26.1 Å². The molecule has 0 amide bonds. The van der Waals surface area contributed by atoms with E-state index in [4.69, 9.17) is 9.47 Å². The summed E-state index contributed by atoms with van der Waals surface area (Å²) >= 11 is 0. The fraction of sp³-hybridized carbons (Fsp3) is 0.667. The summed E-state index contributed by atoms with van der Waals surface area (Å²) in [5.41, 5.74) is 0.713. The van der Waals surface area contributed by atoms with Gasteiger partial charge in [0.25, 0.3) is 0 Å². The summed E-state index contributed by atoms with van der Waals surface area (Å²) in [7, 11) is -3.39. The lowest BCUT2D eigenvalue weighted by molar-refractivity contribution is -0.0612. The molecule has 2 aliphatic rings. The van der Waals surface area contributed by atoms with E-state index in [0.29, 0.717) is 19.4 Å². The molecule has 1 unspecified atom stereocenters. The Kier molecular flexibility index (Phi) is 4.77. The standard InChI is InChI=1S/C18H27NO4S/c1-17(2,3)24(20,21)19-18(11-16-13-23-16)9-15(10-18)22-12-14-7-5-4-6-8-14/h4-8,15-16,19H,9-13H2,1-3H3. The Hall–Kier alpha value is -0.950. The first-order valence-electron chi connectivity index (χ1n) is 8.50. The van der Waals surface area contributed by atoms with Gasteiger partial charge in [-0.15, -0.1) is 0 Å². The zero-order chi connectivity index (χ0) is 17.4. The van der Waals surface area contributed by atoms with Crippen molar-refractivity contribution in [3.63, 3.8) is 0 Å². The molecule has 24 heavy (non-hydrogen) atoms. The van der Waals surface area contributed by atoms with Crippen molar-refractivity contribution in [1.29, 1.82) is 0 Å². The molecule has 1 heterocycles. The minimum absolute atomic E-state index is 0.0895. The molecule has 134 valence electrons. The van der Waals surface area contributed by atoms with Gasteiger partial charge >= 0.3 is 0 Å². The van der Waals surface area contributed by atoms with Gasteiger partial charge in [-0.05, 0) is 45.6 Å². The quantitative estimate of drug-likeness (QED) is 0.765. The first-order chi connectivity index (χ1) is 11.2. The molecule has 5 nitrogen and oxygen atoms in total. The molecule has 1 aliphatic carbocycles. The normalized spacial score (nSPS) is 30.0. The van der Waals surface area contributed by atoms with Gasteiger partial charge in [-0.1, -0.05) is 30.3 Å². The summed E-state index contributed by atoms with van der Waals surface area (Å²) in [6.45, 7) is 6.46. The SMILES string of the molecule is CC(C)(C)S(=O)(=O)NC1(CC2CO2)CC(OCc2ccccc2)C1. The molecule has 3 rings (SSSR count). The van der Waals surface area contributed by atoms with Crippen LogP contribution in [0.5, 0.6) is 0 Å². The second kappa shape index (κ2) is 6.41. The third-order valence-corrected chi connectivity index (χ3v) is 7.06. The Labute approximate surface area is 144 Å². The van der Waals surface area contributed by atoms with Crippen LogP contribution in [0.15, 0.2) is 30.3 Å². The highest BCUT2D eigenvalue weighted by Crippen LogP contribution is 2.42. The zero-order valence-electron chi connectivity index (χ0n) is 14.6. The number of hydrogen-bond acceptors (Lipinski definition) is 4. The molecule has 6 heteroatoms. The van der Waals surface area contributed by atoms with Crippen molar-refractivity contribution in [2.45, 2.75) is 69.1 Å². The van der Waals surface area contributed by atoms with Gasteiger partial charge in [0.15, 0.2) is 0 Å². The third-order valence-electron chi connectivity index (χ3n) is 4.74. The van der Waals surface area contributed by atoms with Gasteiger partial charge in [-0.2, -0.15) is 0 Å². The maximum Gasteiger partial charge on any atom is 0.217 e. The van der Waals surface area contributed by atoms with E-state index in [-0.39, 0.29) is 12.2 Å². The predicted octanol–water partition coefficient (Wildman–Crippen LogP) is 2.61. The van der Waals surface area contributed by atoms with E-state index in [1.807, 2.05) is 30.3 Å². The van der Waals surface area contributed by atoms with Gasteiger partial charge in [0.2, 0.25) is 10.0 Å². The highest BCUT2D eigenvalue weighted by molar-refractivity contribution is 7.90. The second-order valence-electron chi connectivity index (χ2n) is 7.98. The molecule has 1 atom stereocenters. The maximum atomic E-state index is 12.6. The van der Waals surface area contributed by atoms with Gasteiger partial charge in [0.1, 0.15) is 0 Å². The number of hydrogen-bond donors (Lipinski definition) is 1. The Balaban J connectivity index is 1.59. The third kappa shape index (κ3) is 4.17. The van der Waals surface area contributed by atoms with Crippen molar-refractivity contribution < 1.29 is 17.9 Å². The summed E-state index contributed by atoms with van der Waals surface area (Å²) in [5, 5.41) is 0. The van der Waals surface area contributed by atoms with Gasteiger partial charge in [-0.3, -0.25) is 0 Å². The first kappa shape index (κ1) is 17.9. The van der Waals surface area contributed by atoms with Crippen molar-refractivity contribution in [2.75, 3.05) is 6.61 Å². The number of sulfonamides is 1. The van der Waals surface area contributed by atoms with Crippen LogP contribution >= 0.6 is 0 Å². The van der Waals surface area contributed by atoms with Crippen molar-refractivity contribution in [3.8, 4) is 0 Å². The number of ether oxygens (including phenoxy) is 2. The minimum Gasteiger partial charge on any atom is -0.373 e. The van der Waals surface area contributed by atoms with Crippen molar-refractivity contribution in [3.05, 3.63) is 35.9 Å². The average molecular weight is 353 g/mol. The molecule has 1 aromatic rings. The molecular weight excluding hydrogens is 326 g/mol. The Morgan fingerprint density at radius 3 is 2.42 bits per heavy atom. The van der Waals surface area contributed by atoms with Gasteiger partial charge in [0.05, 0.1) is 30.2 Å². The van der Waals surface area contributed by atoms with Crippen LogP contribution in [0.1, 0.15) is 45.6 Å². The first-order valence-corrected chi connectivity index (χ1v) is 9.98. The van der Waals surface area contributed by atoms with E-state index < -0.39 is 20.3 Å². The van der Waals surface area contributed by atoms with Gasteiger partial charge in [-0.25, -0.2) is 13.1 Å². The number of benzene rings is 1. The fourth-order valence-electron chi connectivity index (χ4n) is 3.07. The molecule has 1 aliphatic heterocycles. The molecule has 1 aromatic carbocycles. The van der Waals surface area contributed by atoms with Crippen LogP contribution in [-0.4, -0.2) is 37.5 Å². The van der Waals surface area contributed by atoms with Crippen LogP contribution in [0.25, 0.3) is 0 Å². The fourth-order valence-corrected chi connectivity index (χ4v) is 4.20. The van der Waals surface area contributed by atoms with Crippen LogP contribution in [0, 0.1) is 0 Å². The molecular formula is C18H27NO4S. The highest BCUT2D eigenvalue weighted by Gasteiger charge is 2.51. The number of nitrogens with one attached hydrogen (secondary N) is 1. The largest absolute Gasteiger partial charge is 0.373 e. The Morgan fingerprint density at radius 1 is 1.25 bits per heavy atom. The topological polar surface area (TPSA) is 67.9 Å². The number of epoxide rings is 1. The summed E-state index contributed by atoms with van der Waals surface area (Å²) in [6, 6.07) is 10.0. The molecule has 1 saturated heterocycles. The lowest BCUT2D eigenvalue weighted by Gasteiger charge is -2.48. The predicted molar refractivity (Wildman–Crippen MR) is 93.1 cm³/mol. The van der Waals surface area contributed by atoms with E-state index in [0.717, 1.165) is 18.6 Å². The van der Waals surface area contributed by atoms with Crippen LogP contribution in [0.2, 0.25) is 0 Å². The van der Waals surface area contributed by atoms with E-state index in [2.05, 4.69) is 4.72 Å². The summed E-state index contributed by atoms with van der Waals surface area (Å²) < 4.78 is 38.5. The van der Waals surface area contributed by atoms with Gasteiger partial charge in [0, 0.05) is 5.54 Å². The molecule has 0 radical (unpaired) electrons. The summed E-state index contributed by atoms with van der Waals surface area (Å²) in [5.74, 6) is 0. The van der Waals surface area contributed by atoms with Crippen LogP contribution in [0.4, 0.5) is 0 Å². The molecule has 2 fully saturated rings. The van der Waals surface area contributed by atoms with E-state index in [1.165, 1.54) is 0 Å². The van der Waals surface area contributed by atoms with Crippen molar-refractivity contribution in [1.82, 2.24) is 4.72 Å². The van der Waals surface area contributed by atoms with Crippen LogP contribution < -0.4 is 4.72 Å². The van der Waals surface area contributed by atoms with E-state index in [1.54, 1.807) is 20.8 Å². The second-order valence-corrected chi connectivity index (χ2v) is 10.4. The smallest absolute Gasteiger partial charge is 0.217 e. The molecule has 1 saturated carbocycles. The zero-order valence-corrected chi connectivity index (χ0v) is 15.4. The molecule has 0 aromatic heterocycles. The average Bonchev–Trinajstić information content (AvgIpc) is 3.26. The summed E-state index contributed by atoms with van der Waals surface area (Å²) in [4.78, 5) is 0. The maximum absolute atomic E-state index is 12.6. The molecule has 1 N–H and O–H groups in total. The Bertz CT molecular complexity index is 656. The molecule has 0 bridgehead atoms. The lowest BCUT2D eigenvalue weighted by atomic mass is 9.72.